The molecular weight excluding hydrogens is 444 g/mol. The zero-order chi connectivity index (χ0) is 24.2. The van der Waals surface area contributed by atoms with E-state index in [9.17, 15) is 14.4 Å². The average Bonchev–Trinajstić information content (AvgIpc) is 3.28. The van der Waals surface area contributed by atoms with Gasteiger partial charge in [-0.25, -0.2) is 4.79 Å². The highest BCUT2D eigenvalue weighted by Gasteiger charge is 2.30. The summed E-state index contributed by atoms with van der Waals surface area (Å²) in [5, 5.41) is 2.68. The summed E-state index contributed by atoms with van der Waals surface area (Å²) < 4.78 is 10.3. The molecule has 1 heterocycles. The summed E-state index contributed by atoms with van der Waals surface area (Å²) in [5.74, 6) is 0.265. The zero-order valence-electron chi connectivity index (χ0n) is 19.5. The van der Waals surface area contributed by atoms with E-state index in [0.29, 0.717) is 25.4 Å². The number of methoxy groups -OCH3 is 2. The number of amides is 2. The lowest BCUT2D eigenvalue weighted by atomic mass is 10.1. The number of nitrogens with two attached hydrogens (primary N) is 1. The molecule has 0 bridgehead atoms. The number of carbonyl (C=O) groups is 3. The number of rotatable bonds is 12. The van der Waals surface area contributed by atoms with E-state index >= 15 is 0 Å². The van der Waals surface area contributed by atoms with Crippen LogP contribution < -0.4 is 15.8 Å². The highest BCUT2D eigenvalue weighted by atomic mass is 32.2. The zero-order valence-corrected chi connectivity index (χ0v) is 20.4. The lowest BCUT2D eigenvalue weighted by Gasteiger charge is -2.31. The number of esters is 1. The van der Waals surface area contributed by atoms with Crippen LogP contribution in [0.5, 0.6) is 5.75 Å². The van der Waals surface area contributed by atoms with Crippen LogP contribution in [0.3, 0.4) is 0 Å². The van der Waals surface area contributed by atoms with Crippen molar-refractivity contribution >= 4 is 29.5 Å². The third kappa shape index (κ3) is 8.06. The summed E-state index contributed by atoms with van der Waals surface area (Å²) in [6.45, 7) is 1.61. The van der Waals surface area contributed by atoms with Crippen LogP contribution in [0.1, 0.15) is 18.4 Å². The number of nitrogens with zero attached hydrogens (tertiary/aromatic N) is 2. The normalized spacial score (nSPS) is 16.1. The number of para-hydroxylation sites is 1. The SMILES string of the molecule is COC(=O)/C(=C\CSC)NC(=O)CN(Cc1ccccc1OC)C[C@@H]1CCCN1C(=O)CN. The van der Waals surface area contributed by atoms with Gasteiger partial charge in [-0.1, -0.05) is 18.2 Å². The molecule has 2 rings (SSSR count). The first-order chi connectivity index (χ1) is 15.9. The lowest BCUT2D eigenvalue weighted by Crippen LogP contribution is -2.47. The summed E-state index contributed by atoms with van der Waals surface area (Å²) in [6.07, 6.45) is 5.28. The van der Waals surface area contributed by atoms with Crippen LogP contribution in [0.4, 0.5) is 0 Å². The molecule has 9 nitrogen and oxygen atoms in total. The first kappa shape index (κ1) is 26.7. The summed E-state index contributed by atoms with van der Waals surface area (Å²) in [6, 6.07) is 7.58. The number of hydrogen-bond donors (Lipinski definition) is 2. The number of ether oxygens (including phenoxy) is 2. The molecule has 1 aliphatic heterocycles. The van der Waals surface area contributed by atoms with Crippen LogP contribution in [-0.4, -0.2) is 86.0 Å². The Morgan fingerprint density at radius 2 is 2.06 bits per heavy atom. The van der Waals surface area contributed by atoms with Crippen molar-refractivity contribution in [2.45, 2.75) is 25.4 Å². The highest BCUT2D eigenvalue weighted by molar-refractivity contribution is 7.98. The Morgan fingerprint density at radius 3 is 2.73 bits per heavy atom. The topological polar surface area (TPSA) is 114 Å². The third-order valence-corrected chi connectivity index (χ3v) is 5.93. The van der Waals surface area contributed by atoms with Gasteiger partial charge in [-0.3, -0.25) is 14.5 Å². The van der Waals surface area contributed by atoms with E-state index in [-0.39, 0.29) is 36.6 Å². The first-order valence-corrected chi connectivity index (χ1v) is 12.2. The van der Waals surface area contributed by atoms with Crippen molar-refractivity contribution in [3.63, 3.8) is 0 Å². The van der Waals surface area contributed by atoms with Crippen molar-refractivity contribution < 1.29 is 23.9 Å². The van der Waals surface area contributed by atoms with Gasteiger partial charge in [0.1, 0.15) is 11.4 Å². The van der Waals surface area contributed by atoms with Gasteiger partial charge < -0.3 is 25.4 Å². The van der Waals surface area contributed by atoms with Gasteiger partial charge in [-0.15, -0.1) is 0 Å². The number of likely N-dealkylation sites (tertiary alicyclic amines) is 1. The number of thioether (sulfide) groups is 1. The molecule has 1 aliphatic rings. The molecule has 33 heavy (non-hydrogen) atoms. The minimum absolute atomic E-state index is 0.0318. The highest BCUT2D eigenvalue weighted by Crippen LogP contribution is 2.22. The number of hydrogen-bond acceptors (Lipinski definition) is 8. The van der Waals surface area contributed by atoms with Gasteiger partial charge in [-0.05, 0) is 31.2 Å². The Morgan fingerprint density at radius 1 is 1.30 bits per heavy atom. The summed E-state index contributed by atoms with van der Waals surface area (Å²) in [4.78, 5) is 41.0. The summed E-state index contributed by atoms with van der Waals surface area (Å²) in [7, 11) is 2.88. The van der Waals surface area contributed by atoms with Crippen molar-refractivity contribution in [2.75, 3.05) is 52.4 Å². The van der Waals surface area contributed by atoms with E-state index in [1.165, 1.54) is 18.9 Å². The smallest absolute Gasteiger partial charge is 0.354 e. The maximum Gasteiger partial charge on any atom is 0.354 e. The molecule has 2 amide bonds. The van der Waals surface area contributed by atoms with Crippen LogP contribution >= 0.6 is 11.8 Å². The molecule has 1 aromatic carbocycles. The molecule has 0 aliphatic carbocycles. The summed E-state index contributed by atoms with van der Waals surface area (Å²) >= 11 is 1.52. The van der Waals surface area contributed by atoms with Crippen molar-refractivity contribution in [3.05, 3.63) is 41.6 Å². The van der Waals surface area contributed by atoms with E-state index in [4.69, 9.17) is 15.2 Å². The van der Waals surface area contributed by atoms with E-state index in [1.807, 2.05) is 35.4 Å². The molecule has 1 fully saturated rings. The predicted octanol–water partition coefficient (Wildman–Crippen LogP) is 0.983. The largest absolute Gasteiger partial charge is 0.496 e. The van der Waals surface area contributed by atoms with Gasteiger partial charge >= 0.3 is 5.97 Å². The van der Waals surface area contributed by atoms with Crippen LogP contribution in [0.15, 0.2) is 36.0 Å². The lowest BCUT2D eigenvalue weighted by molar-refractivity contribution is -0.138. The Hall–Kier alpha value is -2.56. The van der Waals surface area contributed by atoms with Crippen LogP contribution in [0, 0.1) is 0 Å². The fourth-order valence-corrected chi connectivity index (χ4v) is 4.22. The number of carbonyl (C=O) groups excluding carboxylic acids is 3. The van der Waals surface area contributed by atoms with E-state index in [1.54, 1.807) is 18.1 Å². The van der Waals surface area contributed by atoms with Crippen molar-refractivity contribution in [1.29, 1.82) is 0 Å². The Bertz CT molecular complexity index is 848. The van der Waals surface area contributed by atoms with Crippen molar-refractivity contribution in [1.82, 2.24) is 15.1 Å². The van der Waals surface area contributed by atoms with Gasteiger partial charge in [0, 0.05) is 37.0 Å². The molecule has 0 aromatic heterocycles. The minimum atomic E-state index is -0.593. The monoisotopic (exact) mass is 478 g/mol. The number of benzene rings is 1. The minimum Gasteiger partial charge on any atom is -0.496 e. The second-order valence-electron chi connectivity index (χ2n) is 7.68. The predicted molar refractivity (Wildman–Crippen MR) is 129 cm³/mol. The van der Waals surface area contributed by atoms with Crippen molar-refractivity contribution in [3.8, 4) is 5.75 Å². The number of nitrogens with one attached hydrogen (secondary N) is 1. The Kier molecular flexibility index (Phi) is 11.2. The Labute approximate surface area is 199 Å². The van der Waals surface area contributed by atoms with Crippen molar-refractivity contribution in [2.24, 2.45) is 5.73 Å². The molecule has 0 radical (unpaired) electrons. The van der Waals surface area contributed by atoms with Crippen LogP contribution in [0.2, 0.25) is 0 Å². The van der Waals surface area contributed by atoms with E-state index < -0.39 is 5.97 Å². The molecule has 10 heteroatoms. The molecule has 3 N–H and O–H groups in total. The molecule has 1 saturated heterocycles. The molecule has 0 unspecified atom stereocenters. The van der Waals surface area contributed by atoms with E-state index in [2.05, 4.69) is 5.32 Å². The molecule has 0 saturated carbocycles. The van der Waals surface area contributed by atoms with Gasteiger partial charge in [0.25, 0.3) is 0 Å². The molecule has 0 spiro atoms. The molecule has 1 aromatic rings. The van der Waals surface area contributed by atoms with Crippen LogP contribution in [0.25, 0.3) is 0 Å². The van der Waals surface area contributed by atoms with Gasteiger partial charge in [-0.2, -0.15) is 11.8 Å². The van der Waals surface area contributed by atoms with Gasteiger partial charge in [0.05, 0.1) is 27.3 Å². The average molecular weight is 479 g/mol. The standard InChI is InChI=1S/C23H34N4O5S/c1-31-20-9-5-4-7-17(20)14-26(15-18-8-6-11-27(18)22(29)13-24)16-21(28)25-19(10-12-33-3)23(30)32-2/h4-5,7,9-10,18H,6,8,11-16,24H2,1-3H3,(H,25,28)/b19-10+/t18-/m0/s1. The maximum atomic E-state index is 12.9. The maximum absolute atomic E-state index is 12.9. The fraction of sp³-hybridized carbons (Fsp3) is 0.522. The second kappa shape index (κ2) is 13.9. The van der Waals surface area contributed by atoms with E-state index in [0.717, 1.165) is 24.2 Å². The Balaban J connectivity index is 2.19. The third-order valence-electron chi connectivity index (χ3n) is 5.43. The van der Waals surface area contributed by atoms with Crippen LogP contribution in [-0.2, 0) is 25.7 Å². The molecule has 182 valence electrons. The fourth-order valence-electron chi connectivity index (χ4n) is 3.88. The van der Waals surface area contributed by atoms with Gasteiger partial charge in [0.15, 0.2) is 0 Å². The second-order valence-corrected chi connectivity index (χ2v) is 8.59. The summed E-state index contributed by atoms with van der Waals surface area (Å²) in [5.41, 5.74) is 6.63. The first-order valence-electron chi connectivity index (χ1n) is 10.8. The quantitative estimate of drug-likeness (QED) is 0.338. The molecular formula is C23H34N4O5S. The van der Waals surface area contributed by atoms with Gasteiger partial charge in [0.2, 0.25) is 11.8 Å². The molecule has 1 atom stereocenters.